The zero-order valence-electron chi connectivity index (χ0n) is 12.3. The highest BCUT2D eigenvalue weighted by Gasteiger charge is 2.12. The van der Waals surface area contributed by atoms with E-state index < -0.39 is 0 Å². The zero-order valence-corrected chi connectivity index (χ0v) is 13.9. The molecule has 0 unspecified atom stereocenters. The van der Waals surface area contributed by atoms with Gasteiger partial charge in [-0.3, -0.25) is 9.48 Å². The molecule has 6 heteroatoms. The van der Waals surface area contributed by atoms with Gasteiger partial charge < -0.3 is 10.1 Å². The molecule has 0 aliphatic rings. The topological polar surface area (TPSA) is 56.1 Å². The van der Waals surface area contributed by atoms with Gasteiger partial charge in [0.1, 0.15) is 12.3 Å². The van der Waals surface area contributed by atoms with E-state index in [2.05, 4.69) is 26.3 Å². The van der Waals surface area contributed by atoms with Crippen LogP contribution in [0.5, 0.6) is 5.75 Å². The highest BCUT2D eigenvalue weighted by atomic mass is 79.9. The summed E-state index contributed by atoms with van der Waals surface area (Å²) in [5.41, 5.74) is 2.77. The first-order valence-electron chi connectivity index (χ1n) is 6.61. The van der Waals surface area contributed by atoms with Gasteiger partial charge in [-0.2, -0.15) is 5.10 Å². The summed E-state index contributed by atoms with van der Waals surface area (Å²) < 4.78 is 7.89. The summed E-state index contributed by atoms with van der Waals surface area (Å²) in [7, 11) is 1.62. The molecule has 0 atom stereocenters. The van der Waals surface area contributed by atoms with Crippen molar-refractivity contribution in [2.75, 3.05) is 7.11 Å². The van der Waals surface area contributed by atoms with Gasteiger partial charge in [0.05, 0.1) is 23.0 Å². The van der Waals surface area contributed by atoms with Crippen LogP contribution in [0.3, 0.4) is 0 Å². The molecule has 21 heavy (non-hydrogen) atoms. The summed E-state index contributed by atoms with van der Waals surface area (Å²) in [5.74, 6) is 0.686. The minimum absolute atomic E-state index is 0.0843. The van der Waals surface area contributed by atoms with Crippen molar-refractivity contribution in [2.45, 2.75) is 26.9 Å². The number of rotatable bonds is 5. The van der Waals surface area contributed by atoms with E-state index in [4.69, 9.17) is 4.74 Å². The number of nitrogens with zero attached hydrogens (tertiary/aromatic N) is 2. The summed E-state index contributed by atoms with van der Waals surface area (Å²) >= 11 is 3.45. The number of halogens is 1. The lowest BCUT2D eigenvalue weighted by atomic mass is 10.2. The Balaban J connectivity index is 1.97. The number of ether oxygens (including phenoxy) is 1. The van der Waals surface area contributed by atoms with Crippen molar-refractivity contribution in [3.8, 4) is 5.75 Å². The molecule has 0 aliphatic heterocycles. The lowest BCUT2D eigenvalue weighted by molar-refractivity contribution is -0.122. The van der Waals surface area contributed by atoms with Crippen LogP contribution in [0.2, 0.25) is 0 Å². The van der Waals surface area contributed by atoms with Gasteiger partial charge in [0.15, 0.2) is 0 Å². The van der Waals surface area contributed by atoms with Crippen LogP contribution in [0.25, 0.3) is 0 Å². The Hall–Kier alpha value is -1.82. The Morgan fingerprint density at radius 3 is 2.71 bits per heavy atom. The summed E-state index contributed by atoms with van der Waals surface area (Å²) in [4.78, 5) is 12.0. The van der Waals surface area contributed by atoms with E-state index in [1.54, 1.807) is 11.8 Å². The molecule has 0 fully saturated rings. The normalized spacial score (nSPS) is 10.5. The molecule has 0 aliphatic carbocycles. The molecule has 5 nitrogen and oxygen atoms in total. The fourth-order valence-corrected chi connectivity index (χ4v) is 2.35. The Kier molecular flexibility index (Phi) is 5.01. The minimum Gasteiger partial charge on any atom is -0.496 e. The quantitative estimate of drug-likeness (QED) is 0.900. The van der Waals surface area contributed by atoms with E-state index in [0.29, 0.717) is 6.54 Å². The largest absolute Gasteiger partial charge is 0.496 e. The van der Waals surface area contributed by atoms with Crippen molar-refractivity contribution < 1.29 is 9.53 Å². The third-order valence-corrected chi connectivity index (χ3v) is 4.40. The Morgan fingerprint density at radius 1 is 1.38 bits per heavy atom. The monoisotopic (exact) mass is 351 g/mol. The predicted octanol–water partition coefficient (Wildman–Crippen LogP) is 2.59. The maximum absolute atomic E-state index is 12.0. The van der Waals surface area contributed by atoms with Crippen molar-refractivity contribution in [2.24, 2.45) is 0 Å². The van der Waals surface area contributed by atoms with Gasteiger partial charge >= 0.3 is 0 Å². The highest BCUT2D eigenvalue weighted by molar-refractivity contribution is 9.10. The van der Waals surface area contributed by atoms with Crippen LogP contribution in [-0.2, 0) is 17.9 Å². The zero-order chi connectivity index (χ0) is 15.4. The summed E-state index contributed by atoms with van der Waals surface area (Å²) in [6, 6.07) is 7.62. The number of hydrogen-bond donors (Lipinski definition) is 1. The number of carbonyl (C=O) groups is 1. The molecule has 1 aromatic heterocycles. The predicted molar refractivity (Wildman–Crippen MR) is 84.2 cm³/mol. The van der Waals surface area contributed by atoms with E-state index in [9.17, 15) is 4.79 Å². The first-order valence-corrected chi connectivity index (χ1v) is 7.40. The van der Waals surface area contributed by atoms with Crippen molar-refractivity contribution in [3.05, 3.63) is 45.7 Å². The van der Waals surface area contributed by atoms with E-state index in [0.717, 1.165) is 27.2 Å². The van der Waals surface area contributed by atoms with Crippen LogP contribution >= 0.6 is 15.9 Å². The minimum atomic E-state index is -0.0843. The van der Waals surface area contributed by atoms with Gasteiger partial charge in [0.25, 0.3) is 0 Å². The van der Waals surface area contributed by atoms with E-state index >= 15 is 0 Å². The van der Waals surface area contributed by atoms with Gasteiger partial charge in [-0.15, -0.1) is 0 Å². The number of aryl methyl sites for hydroxylation is 1. The number of nitrogens with one attached hydrogen (secondary N) is 1. The molecule has 1 aromatic carbocycles. The van der Waals surface area contributed by atoms with Crippen LogP contribution < -0.4 is 10.1 Å². The fraction of sp³-hybridized carbons (Fsp3) is 0.333. The van der Waals surface area contributed by atoms with E-state index in [-0.39, 0.29) is 12.5 Å². The third-order valence-electron chi connectivity index (χ3n) is 3.26. The average molecular weight is 352 g/mol. The number of aromatic nitrogens is 2. The summed E-state index contributed by atoms with van der Waals surface area (Å²) in [6.07, 6.45) is 0. The van der Waals surface area contributed by atoms with Crippen LogP contribution in [0.4, 0.5) is 0 Å². The first-order chi connectivity index (χ1) is 10.0. The Bertz CT molecular complexity index is 652. The Labute approximate surface area is 132 Å². The smallest absolute Gasteiger partial charge is 0.242 e. The summed E-state index contributed by atoms with van der Waals surface area (Å²) in [5, 5.41) is 7.21. The molecule has 0 saturated carbocycles. The lowest BCUT2D eigenvalue weighted by Gasteiger charge is -2.10. The molecular formula is C15H18BrN3O2. The van der Waals surface area contributed by atoms with Crippen molar-refractivity contribution >= 4 is 21.8 Å². The Morgan fingerprint density at radius 2 is 2.10 bits per heavy atom. The maximum Gasteiger partial charge on any atom is 0.242 e. The van der Waals surface area contributed by atoms with Crippen LogP contribution in [0.15, 0.2) is 28.7 Å². The average Bonchev–Trinajstić information content (AvgIpc) is 2.72. The molecule has 0 radical (unpaired) electrons. The van der Waals surface area contributed by atoms with Crippen LogP contribution in [0, 0.1) is 13.8 Å². The van der Waals surface area contributed by atoms with E-state index in [1.807, 2.05) is 38.1 Å². The van der Waals surface area contributed by atoms with Crippen LogP contribution in [0.1, 0.15) is 17.0 Å². The first kappa shape index (κ1) is 15.6. The molecule has 0 saturated heterocycles. The lowest BCUT2D eigenvalue weighted by Crippen LogP contribution is -2.28. The molecule has 0 bridgehead atoms. The van der Waals surface area contributed by atoms with Gasteiger partial charge in [-0.1, -0.05) is 18.2 Å². The van der Waals surface area contributed by atoms with Crippen molar-refractivity contribution in [3.63, 3.8) is 0 Å². The molecular weight excluding hydrogens is 334 g/mol. The second-order valence-electron chi connectivity index (χ2n) is 4.73. The number of hydrogen-bond acceptors (Lipinski definition) is 3. The van der Waals surface area contributed by atoms with Crippen molar-refractivity contribution in [1.29, 1.82) is 0 Å². The maximum atomic E-state index is 12.0. The van der Waals surface area contributed by atoms with Gasteiger partial charge in [-0.25, -0.2) is 0 Å². The number of carbonyl (C=O) groups excluding carboxylic acids is 1. The third kappa shape index (κ3) is 3.64. The second kappa shape index (κ2) is 6.76. The van der Waals surface area contributed by atoms with Crippen LogP contribution in [-0.4, -0.2) is 22.8 Å². The molecule has 1 amide bonds. The molecule has 1 N–H and O–H groups in total. The summed E-state index contributed by atoms with van der Waals surface area (Å²) in [6.45, 7) is 4.47. The number of benzene rings is 1. The number of methoxy groups -OCH3 is 1. The SMILES string of the molecule is COc1ccccc1CNC(=O)Cn1nc(C)c(Br)c1C. The molecule has 0 spiro atoms. The molecule has 2 aromatic rings. The molecule has 112 valence electrons. The fourth-order valence-electron chi connectivity index (χ4n) is 2.06. The van der Waals surface area contributed by atoms with Crippen molar-refractivity contribution in [1.82, 2.24) is 15.1 Å². The van der Waals surface area contributed by atoms with Gasteiger partial charge in [-0.05, 0) is 35.8 Å². The van der Waals surface area contributed by atoms with Gasteiger partial charge in [0.2, 0.25) is 5.91 Å². The van der Waals surface area contributed by atoms with Gasteiger partial charge in [0, 0.05) is 12.1 Å². The highest BCUT2D eigenvalue weighted by Crippen LogP contribution is 2.19. The standard InChI is InChI=1S/C15H18BrN3O2/c1-10-15(16)11(2)19(18-10)9-14(20)17-8-12-6-4-5-7-13(12)21-3/h4-7H,8-9H2,1-3H3,(H,17,20). The molecule has 2 rings (SSSR count). The number of para-hydroxylation sites is 1. The molecule has 1 heterocycles. The second-order valence-corrected chi connectivity index (χ2v) is 5.52. The van der Waals surface area contributed by atoms with E-state index in [1.165, 1.54) is 0 Å². The number of amides is 1.